The molecule has 1 aliphatic carbocycles. The van der Waals surface area contributed by atoms with Crippen molar-refractivity contribution in [2.45, 2.75) is 97.2 Å². The molecule has 0 N–H and O–H groups in total. The van der Waals surface area contributed by atoms with E-state index in [9.17, 15) is 9.59 Å². The molecule has 172 valence electrons. The SMILES string of the molecule is CCCCCCCCCCCCOC1(OC(C)=O)CC=C(OC(C)=O)c2ccccc21. The van der Waals surface area contributed by atoms with Crippen LogP contribution in [0.4, 0.5) is 0 Å². The Morgan fingerprint density at radius 2 is 1.48 bits per heavy atom. The molecule has 0 saturated heterocycles. The highest BCUT2D eigenvalue weighted by atomic mass is 16.7. The zero-order valence-corrected chi connectivity index (χ0v) is 19.4. The molecule has 0 heterocycles. The predicted molar refractivity (Wildman–Crippen MR) is 122 cm³/mol. The van der Waals surface area contributed by atoms with Crippen LogP contribution in [0.15, 0.2) is 30.3 Å². The number of carbonyl (C=O) groups is 2. The normalized spacial score (nSPS) is 17.6. The molecule has 0 radical (unpaired) electrons. The van der Waals surface area contributed by atoms with E-state index in [1.807, 2.05) is 24.3 Å². The summed E-state index contributed by atoms with van der Waals surface area (Å²) < 4.78 is 17.3. The number of ether oxygens (including phenoxy) is 3. The van der Waals surface area contributed by atoms with Gasteiger partial charge in [-0.05, 0) is 12.5 Å². The van der Waals surface area contributed by atoms with E-state index in [4.69, 9.17) is 14.2 Å². The van der Waals surface area contributed by atoms with Gasteiger partial charge in [0.25, 0.3) is 0 Å². The van der Waals surface area contributed by atoms with Crippen molar-refractivity contribution in [3.63, 3.8) is 0 Å². The molecule has 0 saturated carbocycles. The minimum Gasteiger partial charge on any atom is -0.428 e. The van der Waals surface area contributed by atoms with Gasteiger partial charge >= 0.3 is 11.9 Å². The molecule has 0 amide bonds. The maximum Gasteiger partial charge on any atom is 0.308 e. The summed E-state index contributed by atoms with van der Waals surface area (Å²) >= 11 is 0. The van der Waals surface area contributed by atoms with Gasteiger partial charge in [0.1, 0.15) is 5.76 Å². The van der Waals surface area contributed by atoms with Crippen molar-refractivity contribution in [1.82, 2.24) is 0 Å². The van der Waals surface area contributed by atoms with Gasteiger partial charge in [-0.1, -0.05) is 89.0 Å². The monoisotopic (exact) mass is 430 g/mol. The molecule has 5 nitrogen and oxygen atoms in total. The fraction of sp³-hybridized carbons (Fsp3) is 0.615. The standard InChI is InChI=1S/C26H38O5/c1-4-5-6-7-8-9-10-11-12-15-20-29-26(31-22(3)28)19-18-25(30-21(2)27)23-16-13-14-17-24(23)26/h13-14,16-18H,4-12,15,19-20H2,1-3H3. The Kier molecular flexibility index (Phi) is 10.8. The molecule has 0 fully saturated rings. The predicted octanol–water partition coefficient (Wildman–Crippen LogP) is 6.65. The lowest BCUT2D eigenvalue weighted by molar-refractivity contribution is -0.238. The summed E-state index contributed by atoms with van der Waals surface area (Å²) in [5.74, 6) is -1.48. The van der Waals surface area contributed by atoms with E-state index < -0.39 is 11.8 Å². The summed E-state index contributed by atoms with van der Waals surface area (Å²) in [6.45, 7) is 5.52. The summed E-state index contributed by atoms with van der Waals surface area (Å²) in [6.07, 6.45) is 14.5. The van der Waals surface area contributed by atoms with Gasteiger partial charge in [0.2, 0.25) is 5.79 Å². The van der Waals surface area contributed by atoms with Gasteiger partial charge in [-0.3, -0.25) is 9.59 Å². The van der Waals surface area contributed by atoms with Crippen molar-refractivity contribution < 1.29 is 23.8 Å². The molecular weight excluding hydrogens is 392 g/mol. The van der Waals surface area contributed by atoms with E-state index in [0.29, 0.717) is 24.4 Å². The first-order valence-corrected chi connectivity index (χ1v) is 11.8. The third kappa shape index (κ3) is 8.13. The molecule has 0 aliphatic heterocycles. The number of hydrogen-bond acceptors (Lipinski definition) is 5. The number of benzene rings is 1. The smallest absolute Gasteiger partial charge is 0.308 e. The lowest BCUT2D eigenvalue weighted by Gasteiger charge is -2.36. The van der Waals surface area contributed by atoms with E-state index in [-0.39, 0.29) is 5.97 Å². The van der Waals surface area contributed by atoms with Crippen molar-refractivity contribution in [2.75, 3.05) is 6.61 Å². The second-order valence-corrected chi connectivity index (χ2v) is 8.29. The number of rotatable bonds is 14. The first-order chi connectivity index (χ1) is 15.0. The van der Waals surface area contributed by atoms with Crippen LogP contribution in [0.3, 0.4) is 0 Å². The minimum absolute atomic E-state index is 0.309. The molecule has 0 spiro atoms. The molecule has 31 heavy (non-hydrogen) atoms. The highest BCUT2D eigenvalue weighted by Gasteiger charge is 2.41. The Labute approximate surface area is 187 Å². The van der Waals surface area contributed by atoms with Gasteiger partial charge in [-0.15, -0.1) is 0 Å². The Morgan fingerprint density at radius 1 is 0.871 bits per heavy atom. The van der Waals surface area contributed by atoms with Crippen LogP contribution in [0, 0.1) is 0 Å². The zero-order chi connectivity index (χ0) is 22.5. The van der Waals surface area contributed by atoms with Crippen LogP contribution in [-0.4, -0.2) is 18.5 Å². The topological polar surface area (TPSA) is 61.8 Å². The number of carbonyl (C=O) groups excluding carboxylic acids is 2. The third-order valence-corrected chi connectivity index (χ3v) is 5.55. The van der Waals surface area contributed by atoms with E-state index >= 15 is 0 Å². The summed E-state index contributed by atoms with van der Waals surface area (Å²) in [7, 11) is 0. The molecule has 1 aromatic carbocycles. The first-order valence-electron chi connectivity index (χ1n) is 11.8. The van der Waals surface area contributed by atoms with Crippen molar-refractivity contribution in [1.29, 1.82) is 0 Å². The Balaban J connectivity index is 1.88. The maximum absolute atomic E-state index is 11.9. The maximum atomic E-state index is 11.9. The van der Waals surface area contributed by atoms with E-state index in [1.54, 1.807) is 6.08 Å². The lowest BCUT2D eigenvalue weighted by atomic mass is 9.90. The average molecular weight is 431 g/mol. The van der Waals surface area contributed by atoms with Crippen LogP contribution >= 0.6 is 0 Å². The van der Waals surface area contributed by atoms with Crippen LogP contribution < -0.4 is 0 Å². The van der Waals surface area contributed by atoms with Crippen LogP contribution in [0.2, 0.25) is 0 Å². The number of fused-ring (bicyclic) bond motifs is 1. The van der Waals surface area contributed by atoms with Crippen LogP contribution in [0.25, 0.3) is 5.76 Å². The molecule has 5 heteroatoms. The van der Waals surface area contributed by atoms with Gasteiger partial charge in [-0.25, -0.2) is 0 Å². The third-order valence-electron chi connectivity index (χ3n) is 5.55. The van der Waals surface area contributed by atoms with Crippen LogP contribution in [-0.2, 0) is 29.6 Å². The molecule has 0 bridgehead atoms. The largest absolute Gasteiger partial charge is 0.428 e. The van der Waals surface area contributed by atoms with Crippen molar-refractivity contribution in [3.8, 4) is 0 Å². The van der Waals surface area contributed by atoms with Gasteiger partial charge in [0.05, 0.1) is 6.61 Å². The van der Waals surface area contributed by atoms with Gasteiger partial charge < -0.3 is 14.2 Å². The second-order valence-electron chi connectivity index (χ2n) is 8.29. The van der Waals surface area contributed by atoms with Gasteiger partial charge in [-0.2, -0.15) is 0 Å². The number of esters is 2. The van der Waals surface area contributed by atoms with Crippen LogP contribution in [0.1, 0.15) is 103 Å². The Morgan fingerprint density at radius 3 is 2.10 bits per heavy atom. The van der Waals surface area contributed by atoms with E-state index in [2.05, 4.69) is 6.92 Å². The van der Waals surface area contributed by atoms with Crippen molar-refractivity contribution in [3.05, 3.63) is 41.5 Å². The first kappa shape index (κ1) is 25.1. The Hall–Kier alpha value is -2.14. The zero-order valence-electron chi connectivity index (χ0n) is 19.4. The second kappa shape index (κ2) is 13.3. The molecule has 1 aliphatic rings. The summed E-state index contributed by atoms with van der Waals surface area (Å²) in [5.41, 5.74) is 1.43. The van der Waals surface area contributed by atoms with Crippen LogP contribution in [0.5, 0.6) is 0 Å². The molecule has 1 aromatic rings. The van der Waals surface area contributed by atoms with E-state index in [1.165, 1.54) is 65.2 Å². The lowest BCUT2D eigenvalue weighted by Crippen LogP contribution is -2.37. The quantitative estimate of drug-likeness (QED) is 0.188. The average Bonchev–Trinajstić information content (AvgIpc) is 2.73. The van der Waals surface area contributed by atoms with Gasteiger partial charge in [0.15, 0.2) is 0 Å². The van der Waals surface area contributed by atoms with Crippen molar-refractivity contribution >= 4 is 17.7 Å². The summed E-state index contributed by atoms with van der Waals surface area (Å²) in [4.78, 5) is 23.3. The molecule has 2 rings (SSSR count). The number of unbranched alkanes of at least 4 members (excludes halogenated alkanes) is 9. The fourth-order valence-corrected chi connectivity index (χ4v) is 4.05. The summed E-state index contributed by atoms with van der Waals surface area (Å²) in [5, 5.41) is 0. The fourth-order valence-electron chi connectivity index (χ4n) is 4.05. The minimum atomic E-state index is -1.18. The molecule has 1 atom stereocenters. The highest BCUT2D eigenvalue weighted by molar-refractivity contribution is 5.78. The molecule has 0 aromatic heterocycles. The molecule has 1 unspecified atom stereocenters. The molecular formula is C26H38O5. The number of hydrogen-bond donors (Lipinski definition) is 0. The summed E-state index contributed by atoms with van der Waals surface area (Å²) in [6, 6.07) is 7.46. The van der Waals surface area contributed by atoms with Gasteiger partial charge in [0, 0.05) is 31.4 Å². The Bertz CT molecular complexity index is 739. The van der Waals surface area contributed by atoms with Crippen molar-refractivity contribution in [2.24, 2.45) is 0 Å². The highest BCUT2D eigenvalue weighted by Crippen LogP contribution is 2.42. The van der Waals surface area contributed by atoms with E-state index in [0.717, 1.165) is 18.4 Å².